The molecular formula is C7H5BrNOZr-. The molecule has 1 N–H and O–H groups in total. The quantitative estimate of drug-likeness (QED) is 0.784. The average Bonchev–Trinajstić information content (AvgIpc) is 1.88. The number of benzene rings is 1. The van der Waals surface area contributed by atoms with E-state index in [0.29, 0.717) is 5.56 Å². The van der Waals surface area contributed by atoms with E-state index in [1.54, 1.807) is 24.3 Å². The van der Waals surface area contributed by atoms with Crippen LogP contribution in [0.25, 0.3) is 5.73 Å². The first-order valence-electron chi connectivity index (χ1n) is 2.71. The van der Waals surface area contributed by atoms with E-state index in [-0.39, 0.29) is 26.2 Å². The first-order chi connectivity index (χ1) is 4.70. The molecule has 0 bridgehead atoms. The Kier molecular flexibility index (Phi) is 4.86. The van der Waals surface area contributed by atoms with Crippen LogP contribution in [0.2, 0.25) is 0 Å². The molecule has 1 aromatic rings. The third-order valence-electron chi connectivity index (χ3n) is 1.11. The van der Waals surface area contributed by atoms with Gasteiger partial charge < -0.3 is 10.5 Å². The number of rotatable bonds is 1. The van der Waals surface area contributed by atoms with E-state index in [4.69, 9.17) is 5.73 Å². The Morgan fingerprint density at radius 1 is 1.27 bits per heavy atom. The van der Waals surface area contributed by atoms with E-state index in [0.717, 1.165) is 4.47 Å². The van der Waals surface area contributed by atoms with E-state index in [1.165, 1.54) is 0 Å². The minimum Gasteiger partial charge on any atom is -0.664 e. The molecule has 0 unspecified atom stereocenters. The summed E-state index contributed by atoms with van der Waals surface area (Å²) in [5, 5.41) is 0. The normalized spacial score (nSPS) is 8.45. The van der Waals surface area contributed by atoms with Gasteiger partial charge in [-0.1, -0.05) is 28.1 Å². The average molecular weight is 290 g/mol. The SMILES string of the molecule is [NH-]C(=O)c1ccc(Br)cc1.[Zr]. The fourth-order valence-corrected chi connectivity index (χ4v) is 0.866. The predicted octanol–water partition coefficient (Wildman–Crippen LogP) is 2.64. The number of hydrogen-bond donors (Lipinski definition) is 0. The van der Waals surface area contributed by atoms with Gasteiger partial charge >= 0.3 is 0 Å². The van der Waals surface area contributed by atoms with E-state index in [1.807, 2.05) is 0 Å². The van der Waals surface area contributed by atoms with Crippen LogP contribution in [-0.4, -0.2) is 5.91 Å². The summed E-state index contributed by atoms with van der Waals surface area (Å²) in [4.78, 5) is 10.4. The van der Waals surface area contributed by atoms with E-state index in [9.17, 15) is 4.79 Å². The largest absolute Gasteiger partial charge is 0.664 e. The van der Waals surface area contributed by atoms with Crippen molar-refractivity contribution < 1.29 is 31.0 Å². The van der Waals surface area contributed by atoms with Crippen molar-refractivity contribution in [3.05, 3.63) is 40.0 Å². The third kappa shape index (κ3) is 3.30. The fourth-order valence-electron chi connectivity index (χ4n) is 0.601. The van der Waals surface area contributed by atoms with E-state index >= 15 is 0 Å². The van der Waals surface area contributed by atoms with Crippen molar-refractivity contribution in [3.8, 4) is 0 Å². The number of carbonyl (C=O) groups is 1. The minimum absolute atomic E-state index is 0. The molecule has 0 aliphatic carbocycles. The van der Waals surface area contributed by atoms with Crippen LogP contribution >= 0.6 is 15.9 Å². The van der Waals surface area contributed by atoms with Crippen LogP contribution in [-0.2, 0) is 26.2 Å². The number of hydrogen-bond acceptors (Lipinski definition) is 1. The molecule has 0 heterocycles. The summed E-state index contributed by atoms with van der Waals surface area (Å²) in [5.41, 5.74) is 7.15. The molecule has 0 saturated carbocycles. The van der Waals surface area contributed by atoms with Gasteiger partial charge in [0.25, 0.3) is 0 Å². The Labute approximate surface area is 92.4 Å². The second kappa shape index (κ2) is 4.84. The molecule has 0 radical (unpaired) electrons. The minimum atomic E-state index is -0.646. The predicted molar refractivity (Wildman–Crippen MR) is 42.8 cm³/mol. The topological polar surface area (TPSA) is 40.9 Å². The van der Waals surface area contributed by atoms with Gasteiger partial charge in [-0.25, -0.2) is 0 Å². The molecular weight excluding hydrogens is 285 g/mol. The zero-order valence-electron chi connectivity index (χ0n) is 5.60. The van der Waals surface area contributed by atoms with Gasteiger partial charge in [-0.05, 0) is 17.7 Å². The molecule has 0 fully saturated rings. The van der Waals surface area contributed by atoms with Crippen LogP contribution in [0.1, 0.15) is 10.4 Å². The standard InChI is InChI=1S/C7H6BrNO.Zr/c8-6-3-1-5(2-4-6)7(9)10;/h1-4H,(H2,9,10);/p-1. The molecule has 0 spiro atoms. The van der Waals surface area contributed by atoms with Gasteiger partial charge in [0, 0.05) is 30.7 Å². The van der Waals surface area contributed by atoms with Crippen molar-refractivity contribution >= 4 is 21.8 Å². The molecule has 0 saturated heterocycles. The Bertz CT molecular complexity index is 247. The molecule has 0 aliphatic heterocycles. The first-order valence-corrected chi connectivity index (χ1v) is 3.51. The van der Waals surface area contributed by atoms with Gasteiger partial charge in [0.15, 0.2) is 0 Å². The second-order valence-corrected chi connectivity index (χ2v) is 2.75. The maximum absolute atomic E-state index is 10.4. The van der Waals surface area contributed by atoms with Crippen molar-refractivity contribution in [2.45, 2.75) is 0 Å². The zero-order valence-corrected chi connectivity index (χ0v) is 9.64. The smallest absolute Gasteiger partial charge is 0.0796 e. The Balaban J connectivity index is 0.000001000. The molecule has 1 amide bonds. The molecule has 2 nitrogen and oxygen atoms in total. The summed E-state index contributed by atoms with van der Waals surface area (Å²) in [6.07, 6.45) is 0. The van der Waals surface area contributed by atoms with Crippen LogP contribution in [0.4, 0.5) is 0 Å². The van der Waals surface area contributed by atoms with Gasteiger partial charge in [0.1, 0.15) is 0 Å². The van der Waals surface area contributed by atoms with Crippen molar-refractivity contribution in [2.75, 3.05) is 0 Å². The van der Waals surface area contributed by atoms with Gasteiger partial charge in [0.2, 0.25) is 0 Å². The molecule has 11 heavy (non-hydrogen) atoms. The molecule has 1 aromatic carbocycles. The molecule has 4 heteroatoms. The third-order valence-corrected chi connectivity index (χ3v) is 1.64. The first kappa shape index (κ1) is 11.1. The van der Waals surface area contributed by atoms with Crippen molar-refractivity contribution in [2.24, 2.45) is 0 Å². The maximum atomic E-state index is 10.4. The number of amides is 1. The van der Waals surface area contributed by atoms with Gasteiger partial charge in [0.05, 0.1) is 5.91 Å². The van der Waals surface area contributed by atoms with Crippen molar-refractivity contribution in [1.29, 1.82) is 0 Å². The number of carbonyl (C=O) groups excluding carboxylic acids is 1. The van der Waals surface area contributed by atoms with Gasteiger partial charge in [-0.2, -0.15) is 0 Å². The van der Waals surface area contributed by atoms with Crippen LogP contribution in [0.3, 0.4) is 0 Å². The number of nitrogens with one attached hydrogen (secondary N) is 1. The molecule has 56 valence electrons. The van der Waals surface area contributed by atoms with Crippen LogP contribution in [0.5, 0.6) is 0 Å². The molecule has 0 aliphatic rings. The molecule has 0 atom stereocenters. The Morgan fingerprint density at radius 2 is 1.73 bits per heavy atom. The van der Waals surface area contributed by atoms with Crippen LogP contribution in [0, 0.1) is 0 Å². The summed E-state index contributed by atoms with van der Waals surface area (Å²) in [6.45, 7) is 0. The Hall–Kier alpha value is 0.0531. The number of halogens is 1. The molecule has 1 rings (SSSR count). The summed E-state index contributed by atoms with van der Waals surface area (Å²) in [7, 11) is 0. The fraction of sp³-hybridized carbons (Fsp3) is 0. The summed E-state index contributed by atoms with van der Waals surface area (Å²) >= 11 is 3.22. The van der Waals surface area contributed by atoms with Crippen molar-refractivity contribution in [1.82, 2.24) is 0 Å². The monoisotopic (exact) mass is 288 g/mol. The maximum Gasteiger partial charge on any atom is 0.0796 e. The Morgan fingerprint density at radius 3 is 2.09 bits per heavy atom. The van der Waals surface area contributed by atoms with Crippen LogP contribution < -0.4 is 0 Å². The van der Waals surface area contributed by atoms with Crippen molar-refractivity contribution in [3.63, 3.8) is 0 Å². The van der Waals surface area contributed by atoms with Gasteiger partial charge in [-0.15, -0.1) is 0 Å². The van der Waals surface area contributed by atoms with Crippen LogP contribution in [0.15, 0.2) is 28.7 Å². The summed E-state index contributed by atoms with van der Waals surface area (Å²) in [6, 6.07) is 6.70. The summed E-state index contributed by atoms with van der Waals surface area (Å²) in [5.74, 6) is -0.646. The van der Waals surface area contributed by atoms with E-state index in [2.05, 4.69) is 15.9 Å². The second-order valence-electron chi connectivity index (χ2n) is 1.84. The summed E-state index contributed by atoms with van der Waals surface area (Å²) < 4.78 is 0.914. The van der Waals surface area contributed by atoms with E-state index < -0.39 is 5.91 Å². The van der Waals surface area contributed by atoms with Gasteiger partial charge in [-0.3, -0.25) is 0 Å². The zero-order chi connectivity index (χ0) is 7.56. The molecule has 0 aromatic heterocycles.